The molecule has 7 heteroatoms. The lowest BCUT2D eigenvalue weighted by Gasteiger charge is -2.08. The smallest absolute Gasteiger partial charge is 0.224 e. The fourth-order valence-electron chi connectivity index (χ4n) is 4.79. The maximum Gasteiger partial charge on any atom is 0.224 e. The number of aromatic nitrogens is 4. The third kappa shape index (κ3) is 5.64. The lowest BCUT2D eigenvalue weighted by molar-refractivity contribution is -0.120. The quantitative estimate of drug-likeness (QED) is 0.167. The van der Waals surface area contributed by atoms with Gasteiger partial charge in [-0.1, -0.05) is 61.9 Å². The Kier molecular flexibility index (Phi) is 7.73. The van der Waals surface area contributed by atoms with Crippen molar-refractivity contribution in [1.29, 1.82) is 0 Å². The van der Waals surface area contributed by atoms with E-state index >= 15 is 0 Å². The van der Waals surface area contributed by atoms with Gasteiger partial charge in [-0.25, -0.2) is 9.37 Å². The molecule has 0 saturated heterocycles. The number of hydrogen-bond donors (Lipinski definition) is 3. The van der Waals surface area contributed by atoms with Crippen molar-refractivity contribution in [3.63, 3.8) is 0 Å². The summed E-state index contributed by atoms with van der Waals surface area (Å²) in [5.74, 6) is -0.268. The van der Waals surface area contributed by atoms with Gasteiger partial charge in [0, 0.05) is 34.2 Å². The Bertz CT molecular complexity index is 1790. The SMILES string of the molecule is C=C(C)/C=C(\C=C(/C)NC(=O)CCCC)c1ccc2[nH]nc(-c3cc4c(-c5ccccc5F)cccc4[nH]3)c2n1. The van der Waals surface area contributed by atoms with Crippen molar-refractivity contribution in [2.75, 3.05) is 0 Å². The van der Waals surface area contributed by atoms with Crippen LogP contribution in [0.4, 0.5) is 4.39 Å². The molecule has 3 aromatic heterocycles. The summed E-state index contributed by atoms with van der Waals surface area (Å²) in [5.41, 5.74) is 8.30. The van der Waals surface area contributed by atoms with Gasteiger partial charge in [0.1, 0.15) is 17.0 Å². The molecular formula is C33H32FN5O. The summed E-state index contributed by atoms with van der Waals surface area (Å²) in [6.07, 6.45) is 6.17. The van der Waals surface area contributed by atoms with Crippen molar-refractivity contribution in [1.82, 2.24) is 25.5 Å². The van der Waals surface area contributed by atoms with Gasteiger partial charge in [0.15, 0.2) is 0 Å². The van der Waals surface area contributed by atoms with E-state index in [-0.39, 0.29) is 11.7 Å². The largest absolute Gasteiger partial charge is 0.353 e. The second kappa shape index (κ2) is 11.5. The molecule has 0 radical (unpaired) electrons. The normalized spacial score (nSPS) is 12.3. The zero-order valence-electron chi connectivity index (χ0n) is 22.9. The molecule has 40 heavy (non-hydrogen) atoms. The molecule has 202 valence electrons. The third-order valence-electron chi connectivity index (χ3n) is 6.65. The number of amides is 1. The number of benzene rings is 2. The Hall–Kier alpha value is -4.78. The van der Waals surface area contributed by atoms with Crippen molar-refractivity contribution in [2.24, 2.45) is 0 Å². The molecule has 6 nitrogen and oxygen atoms in total. The molecule has 3 N–H and O–H groups in total. The van der Waals surface area contributed by atoms with Crippen molar-refractivity contribution < 1.29 is 9.18 Å². The van der Waals surface area contributed by atoms with Crippen molar-refractivity contribution >= 4 is 33.4 Å². The van der Waals surface area contributed by atoms with Gasteiger partial charge >= 0.3 is 0 Å². The summed E-state index contributed by atoms with van der Waals surface area (Å²) < 4.78 is 14.6. The van der Waals surface area contributed by atoms with Crippen LogP contribution in [0.15, 0.2) is 90.7 Å². The number of carbonyl (C=O) groups excluding carboxylic acids is 1. The molecule has 1 amide bonds. The van der Waals surface area contributed by atoms with Crippen LogP contribution in [0.25, 0.3) is 50.0 Å². The zero-order chi connectivity index (χ0) is 28.2. The van der Waals surface area contributed by atoms with E-state index in [0.29, 0.717) is 23.2 Å². The van der Waals surface area contributed by atoms with Crippen molar-refractivity contribution in [3.8, 4) is 22.5 Å². The van der Waals surface area contributed by atoms with Crippen LogP contribution in [-0.4, -0.2) is 26.1 Å². The topological polar surface area (TPSA) is 86.5 Å². The summed E-state index contributed by atoms with van der Waals surface area (Å²) in [4.78, 5) is 20.7. The highest BCUT2D eigenvalue weighted by atomic mass is 19.1. The first kappa shape index (κ1) is 26.8. The summed E-state index contributed by atoms with van der Waals surface area (Å²) in [6, 6.07) is 18.4. The number of rotatable bonds is 9. The highest BCUT2D eigenvalue weighted by Crippen LogP contribution is 2.35. The molecular weight excluding hydrogens is 501 g/mol. The van der Waals surface area contributed by atoms with Crippen LogP contribution in [0.5, 0.6) is 0 Å². The molecule has 5 rings (SSSR count). The lowest BCUT2D eigenvalue weighted by atomic mass is 10.0. The van der Waals surface area contributed by atoms with Crippen LogP contribution in [0, 0.1) is 5.82 Å². The molecule has 0 bridgehead atoms. The minimum Gasteiger partial charge on any atom is -0.353 e. The van der Waals surface area contributed by atoms with E-state index in [1.165, 1.54) is 6.07 Å². The van der Waals surface area contributed by atoms with E-state index in [1.807, 2.05) is 68.5 Å². The van der Waals surface area contributed by atoms with E-state index in [4.69, 9.17) is 4.98 Å². The third-order valence-corrected chi connectivity index (χ3v) is 6.65. The van der Waals surface area contributed by atoms with Crippen molar-refractivity contribution in [2.45, 2.75) is 40.0 Å². The number of fused-ring (bicyclic) bond motifs is 2. The van der Waals surface area contributed by atoms with Gasteiger partial charge in [-0.05, 0) is 62.2 Å². The Morgan fingerprint density at radius 1 is 1.02 bits per heavy atom. The molecule has 0 fully saturated rings. The van der Waals surface area contributed by atoms with Crippen LogP contribution in [0.3, 0.4) is 0 Å². The van der Waals surface area contributed by atoms with Gasteiger partial charge in [-0.15, -0.1) is 0 Å². The van der Waals surface area contributed by atoms with Crippen LogP contribution >= 0.6 is 0 Å². The van der Waals surface area contributed by atoms with Gasteiger partial charge in [0.25, 0.3) is 0 Å². The van der Waals surface area contributed by atoms with Gasteiger partial charge < -0.3 is 10.3 Å². The van der Waals surface area contributed by atoms with Gasteiger partial charge in [-0.2, -0.15) is 5.10 Å². The first-order valence-corrected chi connectivity index (χ1v) is 13.4. The summed E-state index contributed by atoms with van der Waals surface area (Å²) in [7, 11) is 0. The number of unbranched alkanes of at least 4 members (excludes halogenated alkanes) is 1. The lowest BCUT2D eigenvalue weighted by Crippen LogP contribution is -2.20. The van der Waals surface area contributed by atoms with Gasteiger partial charge in [-0.3, -0.25) is 9.89 Å². The van der Waals surface area contributed by atoms with E-state index in [1.54, 1.807) is 12.1 Å². The Labute approximate surface area is 232 Å². The standard InChI is InChI=1S/C33H32FN5O/c1-5-6-14-31(40)35-21(4)18-22(17-20(2)3)27-15-16-29-32(37-27)33(39-38-29)30-19-25-23(11-9-13-28(25)36-30)24-10-7-8-12-26(24)34/h7-13,15-19,36H,2,5-6,14H2,1,3-4H3,(H,35,40)(H,38,39)/b21-18+,22-17+. The summed E-state index contributed by atoms with van der Waals surface area (Å²) in [5, 5.41) is 11.5. The van der Waals surface area contributed by atoms with Crippen LogP contribution < -0.4 is 5.32 Å². The molecule has 3 heterocycles. The molecule has 0 spiro atoms. The number of nitrogens with zero attached hydrogens (tertiary/aromatic N) is 2. The molecule has 0 unspecified atom stereocenters. The summed E-state index contributed by atoms with van der Waals surface area (Å²) >= 11 is 0. The van der Waals surface area contributed by atoms with E-state index < -0.39 is 0 Å². The van der Waals surface area contributed by atoms with E-state index in [2.05, 4.69) is 34.0 Å². The molecule has 0 saturated carbocycles. The second-order valence-corrected chi connectivity index (χ2v) is 10.0. The number of halogens is 1. The summed E-state index contributed by atoms with van der Waals surface area (Å²) in [6.45, 7) is 9.89. The molecule has 0 aliphatic carbocycles. The second-order valence-electron chi connectivity index (χ2n) is 10.0. The highest BCUT2D eigenvalue weighted by Gasteiger charge is 2.17. The van der Waals surface area contributed by atoms with E-state index in [0.717, 1.165) is 63.1 Å². The van der Waals surface area contributed by atoms with Gasteiger partial charge in [0.2, 0.25) is 5.91 Å². The number of H-pyrrole nitrogens is 2. The number of allylic oxidation sites excluding steroid dienone is 5. The van der Waals surface area contributed by atoms with Crippen LogP contribution in [0.1, 0.15) is 45.7 Å². The van der Waals surface area contributed by atoms with Crippen LogP contribution in [-0.2, 0) is 4.79 Å². The van der Waals surface area contributed by atoms with Crippen LogP contribution in [0.2, 0.25) is 0 Å². The first-order chi connectivity index (χ1) is 19.3. The fraction of sp³-hybridized carbons (Fsp3) is 0.182. The minimum atomic E-state index is -0.268. The number of hydrogen-bond acceptors (Lipinski definition) is 3. The maximum absolute atomic E-state index is 14.6. The highest BCUT2D eigenvalue weighted by molar-refractivity contribution is 6.00. The molecule has 0 aliphatic heterocycles. The number of pyridine rings is 1. The monoisotopic (exact) mass is 533 g/mol. The first-order valence-electron chi connectivity index (χ1n) is 13.4. The van der Waals surface area contributed by atoms with E-state index in [9.17, 15) is 9.18 Å². The molecule has 2 aromatic carbocycles. The number of carbonyl (C=O) groups is 1. The predicted molar refractivity (Wildman–Crippen MR) is 161 cm³/mol. The van der Waals surface area contributed by atoms with Gasteiger partial charge in [0.05, 0.1) is 16.9 Å². The number of aromatic amines is 2. The Morgan fingerprint density at radius 2 is 1.82 bits per heavy atom. The predicted octanol–water partition coefficient (Wildman–Crippen LogP) is 8.08. The average Bonchev–Trinajstić information content (AvgIpc) is 3.55. The zero-order valence-corrected chi connectivity index (χ0v) is 22.9. The fourth-order valence-corrected chi connectivity index (χ4v) is 4.79. The molecule has 5 aromatic rings. The maximum atomic E-state index is 14.6. The molecule has 0 atom stereocenters. The average molecular weight is 534 g/mol. The number of nitrogens with one attached hydrogen (secondary N) is 3. The Balaban J connectivity index is 1.55. The minimum absolute atomic E-state index is 0.000582. The Morgan fingerprint density at radius 3 is 2.60 bits per heavy atom. The molecule has 0 aliphatic rings. The van der Waals surface area contributed by atoms with Crippen molar-refractivity contribution in [3.05, 3.63) is 102 Å².